The second kappa shape index (κ2) is 5.32. The average Bonchev–Trinajstić information content (AvgIpc) is 2.90. The van der Waals surface area contributed by atoms with E-state index in [-0.39, 0.29) is 11.4 Å². The number of nitrogens with one attached hydrogen (secondary N) is 1. The molecule has 0 bridgehead atoms. The molecule has 1 aromatic rings. The van der Waals surface area contributed by atoms with Crippen molar-refractivity contribution in [3.05, 3.63) is 22.4 Å². The van der Waals surface area contributed by atoms with Crippen molar-refractivity contribution in [1.29, 1.82) is 0 Å². The fourth-order valence-electron chi connectivity index (χ4n) is 2.26. The Bertz CT molecular complexity index is 344. The van der Waals surface area contributed by atoms with Crippen molar-refractivity contribution in [3.8, 4) is 0 Å². The quantitative estimate of drug-likeness (QED) is 0.851. The molecule has 2 rings (SSSR count). The maximum atomic E-state index is 11.9. The number of carbonyl (C=O) groups excluding carboxylic acids is 1. The Hall–Kier alpha value is -0.350. The molecule has 1 amide bonds. The highest BCUT2D eigenvalue weighted by molar-refractivity contribution is 9.09. The lowest BCUT2D eigenvalue weighted by atomic mass is 10.0. The highest BCUT2D eigenvalue weighted by Gasteiger charge is 2.33. The molecule has 0 spiro atoms. The summed E-state index contributed by atoms with van der Waals surface area (Å²) in [6, 6.07) is 2.01. The molecule has 1 aromatic heterocycles. The van der Waals surface area contributed by atoms with Crippen molar-refractivity contribution in [2.24, 2.45) is 0 Å². The SMILES string of the molecule is O=C(Cc1ccsc1)NC1(CBr)CCCC1. The summed E-state index contributed by atoms with van der Waals surface area (Å²) < 4.78 is 0. The van der Waals surface area contributed by atoms with Crippen molar-refractivity contribution < 1.29 is 4.79 Å². The second-order valence-electron chi connectivity index (χ2n) is 4.48. The maximum Gasteiger partial charge on any atom is 0.224 e. The van der Waals surface area contributed by atoms with Gasteiger partial charge in [-0.2, -0.15) is 11.3 Å². The molecular formula is C12H16BrNOS. The highest BCUT2D eigenvalue weighted by Crippen LogP contribution is 2.31. The van der Waals surface area contributed by atoms with Crippen LogP contribution in [0, 0.1) is 0 Å². The molecule has 0 saturated heterocycles. The molecule has 88 valence electrons. The maximum absolute atomic E-state index is 11.9. The van der Waals surface area contributed by atoms with Crippen LogP contribution >= 0.6 is 27.3 Å². The summed E-state index contributed by atoms with van der Waals surface area (Å²) in [6.45, 7) is 0. The molecule has 1 heterocycles. The van der Waals surface area contributed by atoms with Crippen LogP contribution in [0.15, 0.2) is 16.8 Å². The van der Waals surface area contributed by atoms with Gasteiger partial charge in [0.05, 0.1) is 6.42 Å². The lowest BCUT2D eigenvalue weighted by molar-refractivity contribution is -0.122. The van der Waals surface area contributed by atoms with Gasteiger partial charge in [-0.1, -0.05) is 28.8 Å². The summed E-state index contributed by atoms with van der Waals surface area (Å²) in [5, 5.41) is 8.12. The van der Waals surface area contributed by atoms with E-state index in [1.165, 1.54) is 12.8 Å². The summed E-state index contributed by atoms with van der Waals surface area (Å²) >= 11 is 5.17. The van der Waals surface area contributed by atoms with Crippen molar-refractivity contribution >= 4 is 33.2 Å². The zero-order valence-corrected chi connectivity index (χ0v) is 11.6. The van der Waals surface area contributed by atoms with Crippen molar-refractivity contribution in [1.82, 2.24) is 5.32 Å². The van der Waals surface area contributed by atoms with Crippen LogP contribution in [0.4, 0.5) is 0 Å². The Kier molecular flexibility index (Phi) is 4.03. The van der Waals surface area contributed by atoms with Gasteiger partial charge in [0.2, 0.25) is 5.91 Å². The lowest BCUT2D eigenvalue weighted by Crippen LogP contribution is -2.48. The molecule has 0 aromatic carbocycles. The summed E-state index contributed by atoms with van der Waals surface area (Å²) in [6.07, 6.45) is 5.17. The van der Waals surface area contributed by atoms with Gasteiger partial charge >= 0.3 is 0 Å². The molecule has 0 atom stereocenters. The van der Waals surface area contributed by atoms with E-state index in [4.69, 9.17) is 0 Å². The first-order valence-corrected chi connectivity index (χ1v) is 7.69. The first-order valence-electron chi connectivity index (χ1n) is 5.62. The first kappa shape index (κ1) is 12.1. The number of carbonyl (C=O) groups is 1. The third kappa shape index (κ3) is 2.86. The van der Waals surface area contributed by atoms with Crippen LogP contribution in [0.1, 0.15) is 31.2 Å². The molecule has 2 nitrogen and oxygen atoms in total. The Balaban J connectivity index is 1.91. The summed E-state index contributed by atoms with van der Waals surface area (Å²) in [5.41, 5.74) is 1.14. The topological polar surface area (TPSA) is 29.1 Å². The molecule has 1 aliphatic carbocycles. The van der Waals surface area contributed by atoms with E-state index in [9.17, 15) is 4.79 Å². The zero-order valence-electron chi connectivity index (χ0n) is 9.17. The number of rotatable bonds is 4. The average molecular weight is 302 g/mol. The standard InChI is InChI=1S/C12H16BrNOS/c13-9-12(4-1-2-5-12)14-11(15)7-10-3-6-16-8-10/h3,6,8H,1-2,4-5,7,9H2,(H,14,15). The Labute approximate surface area is 109 Å². The number of hydrogen-bond acceptors (Lipinski definition) is 2. The second-order valence-corrected chi connectivity index (χ2v) is 5.82. The molecule has 4 heteroatoms. The Morgan fingerprint density at radius 1 is 1.50 bits per heavy atom. The molecule has 1 N–H and O–H groups in total. The minimum Gasteiger partial charge on any atom is -0.350 e. The smallest absolute Gasteiger partial charge is 0.224 e. The third-order valence-corrected chi connectivity index (χ3v) is 4.97. The normalized spacial score (nSPS) is 18.6. The van der Waals surface area contributed by atoms with E-state index in [0.29, 0.717) is 6.42 Å². The molecule has 16 heavy (non-hydrogen) atoms. The first-order chi connectivity index (χ1) is 7.74. The highest BCUT2D eigenvalue weighted by atomic mass is 79.9. The van der Waals surface area contributed by atoms with Gasteiger partial charge in [-0.25, -0.2) is 0 Å². The summed E-state index contributed by atoms with van der Waals surface area (Å²) in [5.74, 6) is 0.153. The molecule has 0 unspecified atom stereocenters. The number of hydrogen-bond donors (Lipinski definition) is 1. The molecule has 0 radical (unpaired) electrons. The van der Waals surface area contributed by atoms with E-state index in [1.807, 2.05) is 16.8 Å². The fourth-order valence-corrected chi connectivity index (χ4v) is 3.63. The Morgan fingerprint density at radius 3 is 2.81 bits per heavy atom. The van der Waals surface area contributed by atoms with Crippen LogP contribution in [0.25, 0.3) is 0 Å². The van der Waals surface area contributed by atoms with Gasteiger partial charge in [-0.3, -0.25) is 4.79 Å². The fraction of sp³-hybridized carbons (Fsp3) is 0.583. The minimum atomic E-state index is 0.0209. The number of thiophene rings is 1. The van der Waals surface area contributed by atoms with Crippen molar-refractivity contribution in [2.75, 3.05) is 5.33 Å². The van der Waals surface area contributed by atoms with Gasteiger partial charge in [0.25, 0.3) is 0 Å². The van der Waals surface area contributed by atoms with Crippen LogP contribution in [0.3, 0.4) is 0 Å². The zero-order chi connectivity index (χ0) is 11.4. The van der Waals surface area contributed by atoms with Crippen LogP contribution in [-0.4, -0.2) is 16.8 Å². The van der Waals surface area contributed by atoms with Gasteiger partial charge in [-0.05, 0) is 35.2 Å². The van der Waals surface area contributed by atoms with Crippen LogP contribution < -0.4 is 5.32 Å². The molecule has 1 saturated carbocycles. The van der Waals surface area contributed by atoms with E-state index in [1.54, 1.807) is 11.3 Å². The monoisotopic (exact) mass is 301 g/mol. The molecule has 0 aliphatic heterocycles. The van der Waals surface area contributed by atoms with Crippen LogP contribution in [0.5, 0.6) is 0 Å². The molecule has 1 aliphatic rings. The minimum absolute atomic E-state index is 0.0209. The van der Waals surface area contributed by atoms with E-state index >= 15 is 0 Å². The van der Waals surface area contributed by atoms with Gasteiger partial charge in [-0.15, -0.1) is 0 Å². The number of amides is 1. The number of alkyl halides is 1. The van der Waals surface area contributed by atoms with Gasteiger partial charge in [0.1, 0.15) is 0 Å². The third-order valence-electron chi connectivity index (χ3n) is 3.17. The van der Waals surface area contributed by atoms with Crippen LogP contribution in [-0.2, 0) is 11.2 Å². The summed E-state index contributed by atoms with van der Waals surface area (Å²) in [7, 11) is 0. The molecular weight excluding hydrogens is 286 g/mol. The molecule has 1 fully saturated rings. The van der Waals surface area contributed by atoms with Crippen LogP contribution in [0.2, 0.25) is 0 Å². The lowest BCUT2D eigenvalue weighted by Gasteiger charge is -2.28. The van der Waals surface area contributed by atoms with E-state index in [0.717, 1.165) is 23.7 Å². The predicted octanol–water partition coefficient (Wildman–Crippen LogP) is 3.11. The van der Waals surface area contributed by atoms with E-state index < -0.39 is 0 Å². The Morgan fingerprint density at radius 2 is 2.25 bits per heavy atom. The van der Waals surface area contributed by atoms with Crippen molar-refractivity contribution in [3.63, 3.8) is 0 Å². The largest absolute Gasteiger partial charge is 0.350 e. The number of halogens is 1. The van der Waals surface area contributed by atoms with Gasteiger partial charge in [0, 0.05) is 10.9 Å². The predicted molar refractivity (Wildman–Crippen MR) is 71.2 cm³/mol. The van der Waals surface area contributed by atoms with Gasteiger partial charge in [0.15, 0.2) is 0 Å². The van der Waals surface area contributed by atoms with Crippen molar-refractivity contribution in [2.45, 2.75) is 37.6 Å². The summed E-state index contributed by atoms with van der Waals surface area (Å²) in [4.78, 5) is 11.9. The van der Waals surface area contributed by atoms with E-state index in [2.05, 4.69) is 21.2 Å². The van der Waals surface area contributed by atoms with Gasteiger partial charge < -0.3 is 5.32 Å².